The lowest BCUT2D eigenvalue weighted by Crippen LogP contribution is -2.13. The van der Waals surface area contributed by atoms with Crippen LogP contribution in [-0.2, 0) is 11.2 Å². The second kappa shape index (κ2) is 7.82. The van der Waals surface area contributed by atoms with E-state index in [-0.39, 0.29) is 17.9 Å². The molecule has 0 radical (unpaired) electrons. The van der Waals surface area contributed by atoms with E-state index in [0.717, 1.165) is 10.8 Å². The number of aromatic amines is 1. The maximum Gasteiger partial charge on any atom is 0.311 e. The second-order valence-electron chi connectivity index (χ2n) is 6.45. The predicted molar refractivity (Wildman–Crippen MR) is 110 cm³/mol. The van der Waals surface area contributed by atoms with Crippen LogP contribution in [0.2, 0.25) is 5.02 Å². The van der Waals surface area contributed by atoms with Gasteiger partial charge in [0.2, 0.25) is 0 Å². The Balaban J connectivity index is 1.42. The molecule has 1 heterocycles. The Bertz CT molecular complexity index is 1230. The molecule has 0 amide bonds. The van der Waals surface area contributed by atoms with Gasteiger partial charge < -0.3 is 9.72 Å². The minimum Gasteiger partial charge on any atom is -0.426 e. The number of benzene rings is 3. The van der Waals surface area contributed by atoms with E-state index < -0.39 is 0 Å². The highest BCUT2D eigenvalue weighted by Crippen LogP contribution is 2.31. The van der Waals surface area contributed by atoms with Gasteiger partial charge in [-0.2, -0.15) is 0 Å². The van der Waals surface area contributed by atoms with Gasteiger partial charge in [-0.25, -0.2) is 4.98 Å². The smallest absolute Gasteiger partial charge is 0.311 e. The molecule has 1 N–H and O–H groups in total. The number of nitrogens with zero attached hydrogens (tertiary/aromatic N) is 1. The molecule has 0 spiro atoms. The number of aryl methyl sites for hydroxylation is 1. The Morgan fingerprint density at radius 1 is 0.964 bits per heavy atom. The molecular formula is C22H17ClN2O3. The first-order chi connectivity index (χ1) is 13.6. The lowest BCUT2D eigenvalue weighted by molar-refractivity contribution is -0.134. The Labute approximate surface area is 165 Å². The zero-order chi connectivity index (χ0) is 19.5. The number of esters is 1. The molecular weight excluding hydrogens is 376 g/mol. The van der Waals surface area contributed by atoms with Crippen molar-refractivity contribution < 1.29 is 9.53 Å². The van der Waals surface area contributed by atoms with E-state index in [1.54, 1.807) is 30.3 Å². The van der Waals surface area contributed by atoms with Crippen molar-refractivity contribution in [2.45, 2.75) is 19.3 Å². The number of ether oxygens (including phenoxy) is 1. The van der Waals surface area contributed by atoms with Crippen molar-refractivity contribution >= 4 is 39.2 Å². The third-order valence-corrected chi connectivity index (χ3v) is 4.84. The van der Waals surface area contributed by atoms with Crippen LogP contribution < -0.4 is 10.3 Å². The first-order valence-electron chi connectivity index (χ1n) is 8.98. The SMILES string of the molecule is O=C(CCCc1nc2ccccc2c(=O)[nH]1)Oc1ccc(Cl)c2ccccc12. The number of fused-ring (bicyclic) bond motifs is 2. The Hall–Kier alpha value is -3.18. The first-order valence-corrected chi connectivity index (χ1v) is 9.35. The summed E-state index contributed by atoms with van der Waals surface area (Å²) >= 11 is 6.19. The van der Waals surface area contributed by atoms with Crippen LogP contribution >= 0.6 is 11.6 Å². The number of para-hydroxylation sites is 1. The van der Waals surface area contributed by atoms with E-state index in [4.69, 9.17) is 16.3 Å². The van der Waals surface area contributed by atoms with Crippen molar-refractivity contribution in [3.05, 3.63) is 81.9 Å². The largest absolute Gasteiger partial charge is 0.426 e. The van der Waals surface area contributed by atoms with Crippen molar-refractivity contribution in [1.29, 1.82) is 0 Å². The van der Waals surface area contributed by atoms with Crippen molar-refractivity contribution in [1.82, 2.24) is 9.97 Å². The molecule has 0 saturated heterocycles. The van der Waals surface area contributed by atoms with Gasteiger partial charge in [-0.15, -0.1) is 0 Å². The summed E-state index contributed by atoms with van der Waals surface area (Å²) in [6.07, 6.45) is 1.22. The fraction of sp³-hybridized carbons (Fsp3) is 0.136. The van der Waals surface area contributed by atoms with Crippen molar-refractivity contribution in [3.63, 3.8) is 0 Å². The van der Waals surface area contributed by atoms with Crippen LogP contribution in [0.1, 0.15) is 18.7 Å². The maximum atomic E-state index is 12.3. The number of H-pyrrole nitrogens is 1. The molecule has 5 nitrogen and oxygen atoms in total. The minimum atomic E-state index is -0.337. The van der Waals surface area contributed by atoms with Crippen LogP contribution in [0.5, 0.6) is 5.75 Å². The summed E-state index contributed by atoms with van der Waals surface area (Å²) in [5.41, 5.74) is 0.479. The summed E-state index contributed by atoms with van der Waals surface area (Å²) in [7, 11) is 0. The quantitative estimate of drug-likeness (QED) is 0.396. The number of halogens is 1. The van der Waals surface area contributed by atoms with E-state index >= 15 is 0 Å². The lowest BCUT2D eigenvalue weighted by atomic mass is 10.1. The average Bonchev–Trinajstić information content (AvgIpc) is 2.70. The van der Waals surface area contributed by atoms with E-state index in [0.29, 0.717) is 40.3 Å². The molecule has 4 rings (SSSR count). The van der Waals surface area contributed by atoms with Gasteiger partial charge in [0.1, 0.15) is 11.6 Å². The van der Waals surface area contributed by atoms with Gasteiger partial charge in [0.05, 0.1) is 10.9 Å². The number of hydrogen-bond acceptors (Lipinski definition) is 4. The topological polar surface area (TPSA) is 72.0 Å². The predicted octanol–water partition coefficient (Wildman–Crippen LogP) is 4.66. The molecule has 3 aromatic carbocycles. The first kappa shape index (κ1) is 18.2. The van der Waals surface area contributed by atoms with Crippen molar-refractivity contribution in [3.8, 4) is 5.75 Å². The fourth-order valence-corrected chi connectivity index (χ4v) is 3.38. The molecule has 140 valence electrons. The van der Waals surface area contributed by atoms with Gasteiger partial charge in [0.15, 0.2) is 0 Å². The summed E-state index contributed by atoms with van der Waals surface area (Å²) in [6, 6.07) is 18.1. The van der Waals surface area contributed by atoms with Crippen LogP contribution in [0.3, 0.4) is 0 Å². The highest BCUT2D eigenvalue weighted by atomic mass is 35.5. The molecule has 0 aliphatic carbocycles. The van der Waals surface area contributed by atoms with Crippen LogP contribution in [0, 0.1) is 0 Å². The summed E-state index contributed by atoms with van der Waals surface area (Å²) in [4.78, 5) is 31.6. The number of nitrogens with one attached hydrogen (secondary N) is 1. The molecule has 0 bridgehead atoms. The summed E-state index contributed by atoms with van der Waals surface area (Å²) in [5, 5.41) is 2.80. The maximum absolute atomic E-state index is 12.3. The molecule has 0 unspecified atom stereocenters. The average molecular weight is 393 g/mol. The molecule has 0 atom stereocenters. The highest BCUT2D eigenvalue weighted by molar-refractivity contribution is 6.35. The Morgan fingerprint density at radius 3 is 2.50 bits per heavy atom. The number of hydrogen-bond donors (Lipinski definition) is 1. The molecule has 0 aliphatic heterocycles. The van der Waals surface area contributed by atoms with Crippen LogP contribution in [0.25, 0.3) is 21.7 Å². The van der Waals surface area contributed by atoms with Gasteiger partial charge in [-0.1, -0.05) is 48.0 Å². The summed E-state index contributed by atoms with van der Waals surface area (Å²) < 4.78 is 5.52. The van der Waals surface area contributed by atoms with Gasteiger partial charge in [-0.05, 0) is 30.7 Å². The molecule has 0 fully saturated rings. The van der Waals surface area contributed by atoms with Gasteiger partial charge in [-0.3, -0.25) is 9.59 Å². The zero-order valence-corrected chi connectivity index (χ0v) is 15.7. The number of carbonyl (C=O) groups excluding carboxylic acids is 1. The summed E-state index contributed by atoms with van der Waals surface area (Å²) in [5.74, 6) is 0.714. The normalized spacial score (nSPS) is 11.0. The summed E-state index contributed by atoms with van der Waals surface area (Å²) in [6.45, 7) is 0. The molecule has 6 heteroatoms. The lowest BCUT2D eigenvalue weighted by Gasteiger charge is -2.09. The van der Waals surface area contributed by atoms with Crippen molar-refractivity contribution in [2.75, 3.05) is 0 Å². The van der Waals surface area contributed by atoms with Crippen LogP contribution in [0.15, 0.2) is 65.5 Å². The standard InChI is InChI=1S/C22H17ClN2O3/c23-17-12-13-19(15-7-2-1-6-14(15)17)28-21(26)11-5-10-20-24-18-9-4-3-8-16(18)22(27)25-20/h1-4,6-9,12-13H,5,10-11H2,(H,24,25,27). The van der Waals surface area contributed by atoms with Gasteiger partial charge in [0.25, 0.3) is 5.56 Å². The third kappa shape index (κ3) is 3.75. The van der Waals surface area contributed by atoms with Gasteiger partial charge >= 0.3 is 5.97 Å². The number of aromatic nitrogens is 2. The van der Waals surface area contributed by atoms with Crippen LogP contribution in [0.4, 0.5) is 0 Å². The van der Waals surface area contributed by atoms with E-state index in [2.05, 4.69) is 9.97 Å². The number of carbonyl (C=O) groups is 1. The van der Waals surface area contributed by atoms with E-state index in [1.165, 1.54) is 0 Å². The van der Waals surface area contributed by atoms with Gasteiger partial charge in [0, 0.05) is 28.6 Å². The Morgan fingerprint density at radius 2 is 1.68 bits per heavy atom. The second-order valence-corrected chi connectivity index (χ2v) is 6.86. The van der Waals surface area contributed by atoms with Crippen molar-refractivity contribution in [2.24, 2.45) is 0 Å². The fourth-order valence-electron chi connectivity index (χ4n) is 3.15. The zero-order valence-electron chi connectivity index (χ0n) is 14.9. The molecule has 0 aliphatic rings. The van der Waals surface area contributed by atoms with E-state index in [1.807, 2.05) is 30.3 Å². The molecule has 0 saturated carbocycles. The number of rotatable bonds is 5. The molecule has 28 heavy (non-hydrogen) atoms. The monoisotopic (exact) mass is 392 g/mol. The Kier molecular flexibility index (Phi) is 5.08. The molecule has 4 aromatic rings. The minimum absolute atomic E-state index is 0.171. The highest BCUT2D eigenvalue weighted by Gasteiger charge is 2.11. The third-order valence-electron chi connectivity index (χ3n) is 4.51. The molecule has 1 aromatic heterocycles. The van der Waals surface area contributed by atoms with E-state index in [9.17, 15) is 9.59 Å². The van der Waals surface area contributed by atoms with Crippen LogP contribution in [-0.4, -0.2) is 15.9 Å².